The number of nitrogens with one attached hydrogen (secondary N) is 1. The SMILES string of the molecule is COc1ccc2[nH]c3c(c2c1)CC1c2cc(OC)c(OCc4ccc5ccccc5c4)cc2CCN1C3c1ccc(F)cc1.[B][B]B([B])B(B(B([B])[B])B([B])[B])B(B(B([B])[B])B([B])[B])B(B(B(B(B([B])[B])B([B])[B])B(B([B])[B])B([B])[B])B(B(B([B])[B])B([B])[B])B(B([B])[B])B([B])[B])B(B(B(B([B])[B])B([B])[B])B(B([B])[B])B([B])[B])B(B(B([B])[B])B([B])[B])B(B([B])[B])B([B])[B]. The average Bonchev–Trinajstić information content (AvgIpc) is 0.963. The maximum atomic E-state index is 14.0. The van der Waals surface area contributed by atoms with E-state index in [0.717, 1.165) is 60.3 Å². The van der Waals surface area contributed by atoms with Crippen LogP contribution < -0.4 is 14.2 Å². The topological polar surface area (TPSA) is 46.7 Å². The number of aromatic nitrogens is 1. The highest BCUT2D eigenvalue weighted by molar-refractivity contribution is 8.42. The van der Waals surface area contributed by atoms with Crippen molar-refractivity contribution >= 4 is 609 Å². The van der Waals surface area contributed by atoms with Crippen LogP contribution in [0, 0.1) is 5.82 Å². The molecule has 2 aliphatic heterocycles. The molecule has 85 radical (unpaired) electrons. The molecule has 0 saturated heterocycles. The van der Waals surface area contributed by atoms with Crippen LogP contribution in [0.3, 0.4) is 0 Å². The van der Waals surface area contributed by atoms with Crippen LogP contribution in [0.25, 0.3) is 21.7 Å². The summed E-state index contributed by atoms with van der Waals surface area (Å²) in [5.41, 5.74) is 8.24. The lowest BCUT2D eigenvalue weighted by Crippen LogP contribution is -3.00. The second-order valence-corrected chi connectivity index (χ2v) is 35.0. The lowest BCUT2D eigenvalue weighted by molar-refractivity contribution is 0.127. The first-order valence-electron chi connectivity index (χ1n) is 42.4. The van der Waals surface area contributed by atoms with E-state index in [1.54, 1.807) is 26.4 Å². The zero-order chi connectivity index (χ0) is 95.6. The van der Waals surface area contributed by atoms with Crippen LogP contribution in [-0.4, -0.2) is 618 Å². The van der Waals surface area contributed by atoms with Gasteiger partial charge in [-0.25, -0.2) is 4.39 Å². The monoisotopic (exact) mass is 1500 g/mol. The van der Waals surface area contributed by atoms with Crippen molar-refractivity contribution in [1.29, 1.82) is 0 Å². The largest absolute Gasteiger partial charge is 0.497 e. The van der Waals surface area contributed by atoms with Crippen LogP contribution in [0.4, 0.5) is 4.39 Å². The molecule has 0 aliphatic carbocycles. The molecule has 2 aliphatic rings. The fourth-order valence-electron chi connectivity index (χ4n) is 22.0. The summed E-state index contributed by atoms with van der Waals surface area (Å²) < 4.78 is 31.9. The standard InChI is InChI=1S/C38H33FN2O3.B83/c1-42-29-13-14-33-31(19-29)32-20-34-30-21-35(43-2)36(44-22-23-7-8-24-5-3-4-6-26(24)17-23)18-27(30)15-16-41(34)38(37(32)40-33)25-9-11-28(39)12-10-25;1-43-64(42)75(65(44(2)3)45(4)5)80(74(62(38)39)63(40)41)83(81(76(66(46(6)7)47(8)9)67(48(10)11)49(12)13)77(68(50(14)15)51(16)17)69(52(18)19)53(20)21)82(78(70(54(22)23)55(24)25)71(56(26)27)57(28)29)79(72(58(30)31)59(32)33)73(60(34)35)61(36)37/h3-14,17-19,21,34,38,40H,15-16,20,22H2,1-2H3;. The zero-order valence-electron chi connectivity index (χ0n) is 72.7. The number of halogens is 1. The van der Waals surface area contributed by atoms with E-state index in [1.165, 1.54) is 38.5 Å². The van der Waals surface area contributed by atoms with E-state index < -0.39 is 255 Å². The van der Waals surface area contributed by atoms with E-state index in [2.05, 4.69) is 76.6 Å². The molecular formula is C38H33B83FN2O3. The van der Waals surface area contributed by atoms with Gasteiger partial charge in [-0.3, -0.25) is 4.90 Å². The Labute approximate surface area is 835 Å². The molecule has 3 heterocycles. The van der Waals surface area contributed by atoms with Crippen molar-refractivity contribution in [2.45, 2.75) is 31.5 Å². The van der Waals surface area contributed by atoms with E-state index >= 15 is 0 Å². The number of H-pyrrole nitrogens is 1. The predicted octanol–water partition coefficient (Wildman–Crippen LogP) is -23.3. The van der Waals surface area contributed by atoms with Gasteiger partial charge in [0.15, 0.2) is 11.5 Å². The van der Waals surface area contributed by atoms with Crippen molar-refractivity contribution in [3.8, 4) is 17.2 Å². The number of aromatic amines is 1. The normalized spacial score (nSPS) is 12.5. The minimum Gasteiger partial charge on any atom is -0.497 e. The number of benzene rings is 5. The molecule has 0 bridgehead atoms. The van der Waals surface area contributed by atoms with Crippen molar-refractivity contribution in [3.63, 3.8) is 0 Å². The first kappa shape index (κ1) is 115. The molecule has 8 rings (SSSR count). The van der Waals surface area contributed by atoms with E-state index in [4.69, 9.17) is 339 Å². The van der Waals surface area contributed by atoms with Gasteiger partial charge in [0.1, 0.15) is 18.2 Å². The Balaban J connectivity index is 0.000000412. The third-order valence-electron chi connectivity index (χ3n) is 26.9. The Hall–Kier alpha value is 0.580. The fourth-order valence-corrected chi connectivity index (χ4v) is 22.0. The molecule has 2 unspecified atom stereocenters. The van der Waals surface area contributed by atoms with Crippen LogP contribution in [0.2, 0.25) is 0 Å². The lowest BCUT2D eigenvalue weighted by atomic mass is 8.20. The van der Waals surface area contributed by atoms with E-state index in [-0.39, 0.29) is 17.9 Å². The lowest BCUT2D eigenvalue weighted by Gasteiger charge is -2.62. The molecule has 2 atom stereocenters. The Morgan fingerprint density at radius 2 is 0.701 bits per heavy atom. The summed E-state index contributed by atoms with van der Waals surface area (Å²) in [6.45, 7) is 1.33. The van der Waals surface area contributed by atoms with Crippen molar-refractivity contribution in [2.75, 3.05) is 20.8 Å². The van der Waals surface area contributed by atoms with E-state index in [0.29, 0.717) is 6.61 Å². The van der Waals surface area contributed by atoms with Crippen LogP contribution in [0.15, 0.2) is 97.1 Å². The Kier molecular flexibility index (Phi) is 46.6. The van der Waals surface area contributed by atoms with Gasteiger partial charge in [0.2, 0.25) is 0 Å². The first-order valence-corrected chi connectivity index (χ1v) is 42.4. The third kappa shape index (κ3) is 27.4. The summed E-state index contributed by atoms with van der Waals surface area (Å²) in [5, 5.41) is 3.59. The molecule has 0 saturated carbocycles. The van der Waals surface area contributed by atoms with Gasteiger partial charge in [0, 0.05) is 617 Å². The molecule has 1 N–H and O–H groups in total. The molecular weight excluding hydrogens is 1450 g/mol. The maximum Gasteiger partial charge on any atom is 0.161 e. The van der Waals surface area contributed by atoms with Gasteiger partial charge in [0.05, 0.1) is 20.3 Å². The van der Waals surface area contributed by atoms with Crippen LogP contribution >= 0.6 is 0 Å². The van der Waals surface area contributed by atoms with Crippen molar-refractivity contribution in [2.24, 2.45) is 0 Å². The fraction of sp³-hybridized carbons (Fsp3) is 0.211. The van der Waals surface area contributed by atoms with Gasteiger partial charge in [-0.05, 0) is 100.0 Å². The minimum atomic E-state index is -1.97. The first-order chi connectivity index (χ1) is 59.4. The van der Waals surface area contributed by atoms with Crippen molar-refractivity contribution in [1.82, 2.24) is 9.88 Å². The maximum absolute atomic E-state index is 14.0. The summed E-state index contributed by atoms with van der Waals surface area (Å²) in [6.07, 6.45) is -66.1. The third-order valence-corrected chi connectivity index (χ3v) is 26.9. The number of fused-ring (bicyclic) bond motifs is 7. The number of hydrogen-bond donors (Lipinski definition) is 1. The summed E-state index contributed by atoms with van der Waals surface area (Å²) in [7, 11) is 295. The minimum absolute atomic E-state index is 0.0364. The second-order valence-electron chi connectivity index (χ2n) is 35.0. The zero-order valence-corrected chi connectivity index (χ0v) is 72.7. The number of methoxy groups -OCH3 is 2. The molecule has 0 spiro atoms. The van der Waals surface area contributed by atoms with E-state index in [9.17, 15) is 4.39 Å². The van der Waals surface area contributed by atoms with Crippen LogP contribution in [0.5, 0.6) is 17.2 Å². The number of nitrogens with zero attached hydrogens (tertiary/aromatic N) is 1. The molecule has 0 amide bonds. The number of ether oxygens (including phenoxy) is 3. The quantitative estimate of drug-likeness (QED) is 0.0387. The molecule has 6 aromatic rings. The molecule has 5 aromatic carbocycles. The van der Waals surface area contributed by atoms with Gasteiger partial charge >= 0.3 is 0 Å². The molecule has 1 aromatic heterocycles. The van der Waals surface area contributed by atoms with Gasteiger partial charge in [-0.2, -0.15) is 0 Å². The molecule has 5 nitrogen and oxygen atoms in total. The summed E-state index contributed by atoms with van der Waals surface area (Å²) >= 11 is 0. The summed E-state index contributed by atoms with van der Waals surface area (Å²) in [5.74, 6) is 2.10. The molecule has 127 heavy (non-hydrogen) atoms. The van der Waals surface area contributed by atoms with Crippen LogP contribution in [-0.2, 0) is 19.4 Å². The Morgan fingerprint density at radius 1 is 0.362 bits per heavy atom. The molecule has 89 heteroatoms. The van der Waals surface area contributed by atoms with Gasteiger partial charge in [0.25, 0.3) is 0 Å². The molecule has 0 fully saturated rings. The second kappa shape index (κ2) is 51.7. The summed E-state index contributed by atoms with van der Waals surface area (Å²) in [4.78, 5) is 6.28. The predicted molar refractivity (Wildman–Crippen MR) is 649 cm³/mol. The van der Waals surface area contributed by atoms with Crippen molar-refractivity contribution < 1.29 is 18.6 Å². The Bertz CT molecular complexity index is 3960. The highest BCUT2D eigenvalue weighted by Crippen LogP contribution is 2.50. The molecule has 469 valence electrons. The highest BCUT2D eigenvalue weighted by atomic mass is 19.1. The Morgan fingerprint density at radius 3 is 1.04 bits per heavy atom. The van der Waals surface area contributed by atoms with Crippen LogP contribution in [0.1, 0.15) is 45.6 Å². The summed E-state index contributed by atoms with van der Waals surface area (Å²) in [6, 6.07) is 32.4. The average molecular weight is 1480 g/mol. The number of rotatable bonds is 46. The van der Waals surface area contributed by atoms with Gasteiger partial charge in [-0.15, -0.1) is 0 Å². The van der Waals surface area contributed by atoms with Gasteiger partial charge in [-0.1, -0.05) is 48.5 Å². The highest BCUT2D eigenvalue weighted by Gasteiger charge is 2.67. The van der Waals surface area contributed by atoms with Gasteiger partial charge < -0.3 is 19.2 Å². The van der Waals surface area contributed by atoms with Crippen molar-refractivity contribution in [3.05, 3.63) is 136 Å². The number of hydrogen-bond acceptors (Lipinski definition) is 4. The smallest absolute Gasteiger partial charge is 0.161 e. The van der Waals surface area contributed by atoms with E-state index in [1.807, 2.05) is 18.2 Å².